The summed E-state index contributed by atoms with van der Waals surface area (Å²) >= 11 is 0. The Morgan fingerprint density at radius 3 is 2.14 bits per heavy atom. The molecule has 0 saturated heterocycles. The van der Waals surface area contributed by atoms with Gasteiger partial charge in [-0.25, -0.2) is 22.6 Å². The molecule has 6 nitrogen and oxygen atoms in total. The number of carbonyl (C=O) groups is 1. The van der Waals surface area contributed by atoms with Crippen LogP contribution in [0.25, 0.3) is 0 Å². The summed E-state index contributed by atoms with van der Waals surface area (Å²) in [4.78, 5) is 13.3. The molecule has 2 amide bonds. The van der Waals surface area contributed by atoms with Gasteiger partial charge in [0.2, 0.25) is 0 Å². The Morgan fingerprint density at radius 1 is 1.05 bits per heavy atom. The van der Waals surface area contributed by atoms with Gasteiger partial charge in [0.25, 0.3) is 10.0 Å². The van der Waals surface area contributed by atoms with Crippen molar-refractivity contribution in [2.45, 2.75) is 4.90 Å². The van der Waals surface area contributed by atoms with Crippen LogP contribution in [0.5, 0.6) is 0 Å². The number of urea groups is 1. The number of anilines is 1. The van der Waals surface area contributed by atoms with Crippen LogP contribution in [0.1, 0.15) is 0 Å². The number of hydrazine groups is 1. The highest BCUT2D eigenvalue weighted by atomic mass is 32.2. The van der Waals surface area contributed by atoms with Gasteiger partial charge in [0.05, 0.1) is 10.6 Å². The molecule has 0 radical (unpaired) electrons. The number of nitrogens with one attached hydrogen (secondary N) is 1. The molecule has 8 heteroatoms. The van der Waals surface area contributed by atoms with Crippen LogP contribution < -0.4 is 15.6 Å². The van der Waals surface area contributed by atoms with Crippen molar-refractivity contribution < 1.29 is 17.6 Å². The van der Waals surface area contributed by atoms with Crippen LogP contribution in [-0.4, -0.2) is 14.4 Å². The molecule has 0 heterocycles. The summed E-state index contributed by atoms with van der Waals surface area (Å²) in [6.45, 7) is 0. The Morgan fingerprint density at radius 2 is 1.62 bits per heavy atom. The van der Waals surface area contributed by atoms with E-state index in [-0.39, 0.29) is 10.6 Å². The average Bonchev–Trinajstić information content (AvgIpc) is 2.46. The lowest BCUT2D eigenvalue weighted by molar-refractivity contribution is 0.253. The minimum Gasteiger partial charge on any atom is -0.350 e. The summed E-state index contributed by atoms with van der Waals surface area (Å²) < 4.78 is 37.1. The molecule has 0 aromatic heterocycles. The van der Waals surface area contributed by atoms with Gasteiger partial charge in [-0.2, -0.15) is 0 Å². The first-order valence-electron chi connectivity index (χ1n) is 5.83. The first-order valence-corrected chi connectivity index (χ1v) is 7.31. The fourth-order valence-electron chi connectivity index (χ4n) is 1.59. The maximum absolute atomic E-state index is 12.8. The van der Waals surface area contributed by atoms with Gasteiger partial charge in [-0.3, -0.25) is 0 Å². The number of rotatable bonds is 4. The van der Waals surface area contributed by atoms with Crippen LogP contribution in [0.15, 0.2) is 59.5 Å². The minimum atomic E-state index is -4.06. The number of hydrogen-bond acceptors (Lipinski definition) is 3. The first kappa shape index (κ1) is 14.9. The monoisotopic (exact) mass is 309 g/mol. The predicted octanol–water partition coefficient (Wildman–Crippen LogP) is 1.60. The van der Waals surface area contributed by atoms with Crippen molar-refractivity contribution in [1.82, 2.24) is 4.83 Å². The number of nitrogens with zero attached hydrogens (tertiary/aromatic N) is 1. The fraction of sp³-hybridized carbons (Fsp3) is 0. The smallest absolute Gasteiger partial charge is 0.334 e. The second kappa shape index (κ2) is 5.90. The van der Waals surface area contributed by atoms with Crippen LogP contribution in [0.2, 0.25) is 0 Å². The van der Waals surface area contributed by atoms with Crippen molar-refractivity contribution in [2.24, 2.45) is 5.73 Å². The summed E-state index contributed by atoms with van der Waals surface area (Å²) in [5, 5.41) is 0.693. The van der Waals surface area contributed by atoms with E-state index >= 15 is 0 Å². The van der Waals surface area contributed by atoms with Crippen molar-refractivity contribution in [3.8, 4) is 0 Å². The highest BCUT2D eigenvalue weighted by Crippen LogP contribution is 2.15. The second-order valence-corrected chi connectivity index (χ2v) is 5.72. The summed E-state index contributed by atoms with van der Waals surface area (Å²) in [6.07, 6.45) is 0. The van der Waals surface area contributed by atoms with Crippen LogP contribution in [0, 0.1) is 5.82 Å². The summed E-state index contributed by atoms with van der Waals surface area (Å²) in [7, 11) is -4.06. The average molecular weight is 309 g/mol. The zero-order valence-electron chi connectivity index (χ0n) is 10.7. The third kappa shape index (κ3) is 3.56. The number of primary amides is 1. The van der Waals surface area contributed by atoms with Crippen molar-refractivity contribution in [2.75, 3.05) is 5.01 Å². The lowest BCUT2D eigenvalue weighted by Crippen LogP contribution is -2.49. The molecule has 110 valence electrons. The van der Waals surface area contributed by atoms with Crippen molar-refractivity contribution in [1.29, 1.82) is 0 Å². The molecule has 0 fully saturated rings. The van der Waals surface area contributed by atoms with Crippen LogP contribution in [0.3, 0.4) is 0 Å². The number of halogens is 1. The Kier molecular flexibility index (Phi) is 4.20. The van der Waals surface area contributed by atoms with Crippen molar-refractivity contribution >= 4 is 21.7 Å². The lowest BCUT2D eigenvalue weighted by atomic mass is 10.3. The molecule has 0 spiro atoms. The van der Waals surface area contributed by atoms with E-state index in [4.69, 9.17) is 5.73 Å². The van der Waals surface area contributed by atoms with E-state index in [0.29, 0.717) is 5.01 Å². The summed E-state index contributed by atoms with van der Waals surface area (Å²) in [5.74, 6) is -0.566. The summed E-state index contributed by atoms with van der Waals surface area (Å²) in [5.41, 5.74) is 5.44. The molecule has 2 aromatic rings. The molecule has 0 aliphatic heterocycles. The van der Waals surface area contributed by atoms with E-state index in [1.54, 1.807) is 18.2 Å². The lowest BCUT2D eigenvalue weighted by Gasteiger charge is -2.21. The van der Waals surface area contributed by atoms with Gasteiger partial charge >= 0.3 is 6.03 Å². The number of nitrogens with two attached hydrogens (primary N) is 1. The quantitative estimate of drug-likeness (QED) is 0.840. The van der Waals surface area contributed by atoms with Gasteiger partial charge in [-0.15, -0.1) is 4.83 Å². The molecule has 0 aliphatic rings. The third-order valence-corrected chi connectivity index (χ3v) is 3.89. The van der Waals surface area contributed by atoms with Gasteiger partial charge in [-0.1, -0.05) is 18.2 Å². The SMILES string of the molecule is NC(=O)N(NS(=O)(=O)c1ccc(F)cc1)c1ccccc1. The number of carbonyl (C=O) groups excluding carboxylic acids is 1. The number of amides is 2. The van der Waals surface area contributed by atoms with E-state index in [2.05, 4.69) is 4.83 Å². The van der Waals surface area contributed by atoms with Crippen LogP contribution in [0.4, 0.5) is 14.9 Å². The molecule has 2 rings (SSSR count). The molecule has 0 unspecified atom stereocenters. The van der Waals surface area contributed by atoms with E-state index < -0.39 is 21.9 Å². The zero-order valence-corrected chi connectivity index (χ0v) is 11.5. The Labute approximate surface area is 121 Å². The number of sulfonamides is 1. The maximum atomic E-state index is 12.8. The summed E-state index contributed by atoms with van der Waals surface area (Å²) in [6, 6.07) is 11.2. The molecule has 0 bridgehead atoms. The topological polar surface area (TPSA) is 92.5 Å². The number of para-hydroxylation sites is 1. The number of benzene rings is 2. The predicted molar refractivity (Wildman–Crippen MR) is 75.2 cm³/mol. The van der Waals surface area contributed by atoms with Crippen LogP contribution >= 0.6 is 0 Å². The largest absolute Gasteiger partial charge is 0.350 e. The van der Waals surface area contributed by atoms with E-state index in [0.717, 1.165) is 24.3 Å². The molecule has 3 N–H and O–H groups in total. The van der Waals surface area contributed by atoms with Gasteiger partial charge < -0.3 is 5.73 Å². The zero-order chi connectivity index (χ0) is 15.5. The standard InChI is InChI=1S/C13H12FN3O3S/c14-10-6-8-12(9-7-10)21(19,20)16-17(13(15)18)11-4-2-1-3-5-11/h1-9,16H,(H2,15,18). The van der Waals surface area contributed by atoms with Gasteiger partial charge in [0, 0.05) is 0 Å². The van der Waals surface area contributed by atoms with Gasteiger partial charge in [0.1, 0.15) is 5.82 Å². The molecular formula is C13H12FN3O3S. The normalized spacial score (nSPS) is 11.1. The molecule has 2 aromatic carbocycles. The minimum absolute atomic E-state index is 0.189. The van der Waals surface area contributed by atoms with Gasteiger partial charge in [0.15, 0.2) is 0 Å². The number of hydrogen-bond donors (Lipinski definition) is 2. The molecule has 0 saturated carbocycles. The third-order valence-electron chi connectivity index (χ3n) is 2.57. The van der Waals surface area contributed by atoms with Crippen LogP contribution in [-0.2, 0) is 10.0 Å². The fourth-order valence-corrected chi connectivity index (χ4v) is 2.62. The van der Waals surface area contributed by atoms with Gasteiger partial charge in [-0.05, 0) is 36.4 Å². The second-order valence-electron chi connectivity index (χ2n) is 4.06. The highest BCUT2D eigenvalue weighted by molar-refractivity contribution is 7.89. The molecule has 0 aliphatic carbocycles. The van der Waals surface area contributed by atoms with E-state index in [1.807, 2.05) is 0 Å². The first-order chi connectivity index (χ1) is 9.90. The Bertz CT molecular complexity index is 733. The molecular weight excluding hydrogens is 297 g/mol. The Hall–Kier alpha value is -2.45. The molecule has 21 heavy (non-hydrogen) atoms. The van der Waals surface area contributed by atoms with E-state index in [1.165, 1.54) is 12.1 Å². The highest BCUT2D eigenvalue weighted by Gasteiger charge is 2.22. The van der Waals surface area contributed by atoms with E-state index in [9.17, 15) is 17.6 Å². The molecule has 0 atom stereocenters. The maximum Gasteiger partial charge on any atom is 0.334 e. The van der Waals surface area contributed by atoms with Crippen molar-refractivity contribution in [3.05, 3.63) is 60.4 Å². The van der Waals surface area contributed by atoms with Crippen molar-refractivity contribution in [3.63, 3.8) is 0 Å². The Balaban J connectivity index is 2.32.